The van der Waals surface area contributed by atoms with E-state index in [2.05, 4.69) is 20.2 Å². The molecule has 0 amide bonds. The number of benzene rings is 2. The topological polar surface area (TPSA) is 68.7 Å². The van der Waals surface area contributed by atoms with Crippen molar-refractivity contribution in [1.82, 2.24) is 14.9 Å². The Labute approximate surface area is 195 Å². The van der Waals surface area contributed by atoms with Gasteiger partial charge in [0, 0.05) is 25.0 Å². The molecule has 1 fully saturated rings. The standard InChI is InChI=1S/C24H27F3N4O3/c1-3-34-20-9-8-16(14-21(20)32-2)19(31-10-12-33-13-11-31)15-28-22-17-6-4-5-7-18(17)29-23(30-22)24(25,26)27/h4-9,14,19H,3,10-13,15H2,1-2H3,(H,28,29,30)/t19-/m1/s1. The molecule has 34 heavy (non-hydrogen) atoms. The third-order valence-electron chi connectivity index (χ3n) is 5.68. The Kier molecular flexibility index (Phi) is 7.38. The molecule has 0 radical (unpaired) electrons. The second-order valence-electron chi connectivity index (χ2n) is 7.80. The number of methoxy groups -OCH3 is 1. The summed E-state index contributed by atoms with van der Waals surface area (Å²) < 4.78 is 57.0. The first-order chi connectivity index (χ1) is 16.4. The van der Waals surface area contributed by atoms with Crippen LogP contribution in [0.1, 0.15) is 24.4 Å². The van der Waals surface area contributed by atoms with Crippen LogP contribution in [0.2, 0.25) is 0 Å². The van der Waals surface area contributed by atoms with Gasteiger partial charge in [0.2, 0.25) is 5.82 Å². The largest absolute Gasteiger partial charge is 0.493 e. The smallest absolute Gasteiger partial charge is 0.451 e. The van der Waals surface area contributed by atoms with Crippen LogP contribution in [-0.4, -0.2) is 61.4 Å². The Bertz CT molecular complexity index is 1120. The predicted molar refractivity (Wildman–Crippen MR) is 122 cm³/mol. The van der Waals surface area contributed by atoms with Crippen molar-refractivity contribution in [3.63, 3.8) is 0 Å². The van der Waals surface area contributed by atoms with Gasteiger partial charge in [0.25, 0.3) is 0 Å². The number of alkyl halides is 3. The first-order valence-corrected chi connectivity index (χ1v) is 11.1. The number of nitrogens with one attached hydrogen (secondary N) is 1. The highest BCUT2D eigenvalue weighted by Crippen LogP contribution is 2.34. The number of para-hydroxylation sites is 1. The van der Waals surface area contributed by atoms with Gasteiger partial charge in [-0.3, -0.25) is 4.90 Å². The summed E-state index contributed by atoms with van der Waals surface area (Å²) in [5, 5.41) is 3.70. The molecule has 1 aliphatic rings. The molecule has 182 valence electrons. The Hall–Kier alpha value is -3.11. The van der Waals surface area contributed by atoms with Gasteiger partial charge in [-0.25, -0.2) is 9.97 Å². The van der Waals surface area contributed by atoms with Crippen molar-refractivity contribution in [2.24, 2.45) is 0 Å². The van der Waals surface area contributed by atoms with Crippen LogP contribution < -0.4 is 14.8 Å². The fourth-order valence-electron chi connectivity index (χ4n) is 4.04. The minimum absolute atomic E-state index is 0.147. The summed E-state index contributed by atoms with van der Waals surface area (Å²) in [6.45, 7) is 5.29. The summed E-state index contributed by atoms with van der Waals surface area (Å²) in [7, 11) is 1.58. The molecule has 0 saturated carbocycles. The number of fused-ring (bicyclic) bond motifs is 1. The molecule has 7 nitrogen and oxygen atoms in total. The molecule has 4 rings (SSSR count). The number of aromatic nitrogens is 2. The lowest BCUT2D eigenvalue weighted by molar-refractivity contribution is -0.144. The number of hydrogen-bond acceptors (Lipinski definition) is 7. The van der Waals surface area contributed by atoms with Crippen LogP contribution in [0.3, 0.4) is 0 Å². The molecule has 1 aliphatic heterocycles. The quantitative estimate of drug-likeness (QED) is 0.512. The van der Waals surface area contributed by atoms with E-state index < -0.39 is 12.0 Å². The zero-order valence-electron chi connectivity index (χ0n) is 19.1. The molecular weight excluding hydrogens is 449 g/mol. The van der Waals surface area contributed by atoms with E-state index in [0.29, 0.717) is 56.3 Å². The minimum Gasteiger partial charge on any atom is -0.493 e. The number of hydrogen-bond donors (Lipinski definition) is 1. The van der Waals surface area contributed by atoms with Gasteiger partial charge in [-0.15, -0.1) is 0 Å². The second kappa shape index (κ2) is 10.4. The van der Waals surface area contributed by atoms with Crippen LogP contribution >= 0.6 is 0 Å². The van der Waals surface area contributed by atoms with Crippen molar-refractivity contribution < 1.29 is 27.4 Å². The molecule has 10 heteroatoms. The van der Waals surface area contributed by atoms with E-state index in [9.17, 15) is 13.2 Å². The van der Waals surface area contributed by atoms with E-state index in [1.807, 2.05) is 25.1 Å². The van der Waals surface area contributed by atoms with Crippen LogP contribution in [0.5, 0.6) is 11.5 Å². The lowest BCUT2D eigenvalue weighted by Crippen LogP contribution is -2.41. The van der Waals surface area contributed by atoms with Gasteiger partial charge in [0.15, 0.2) is 11.5 Å². The number of halogens is 3. The van der Waals surface area contributed by atoms with Crippen LogP contribution in [0.15, 0.2) is 42.5 Å². The summed E-state index contributed by atoms with van der Waals surface area (Å²) in [6, 6.07) is 12.2. The molecule has 2 aromatic carbocycles. The SMILES string of the molecule is CCOc1ccc([C@@H](CNc2nc(C(F)(F)F)nc3ccccc23)N2CCOCC2)cc1OC. The normalized spacial score (nSPS) is 15.8. The fraction of sp³-hybridized carbons (Fsp3) is 0.417. The maximum absolute atomic E-state index is 13.4. The third kappa shape index (κ3) is 5.34. The van der Waals surface area contributed by atoms with E-state index in [-0.39, 0.29) is 17.4 Å². The molecule has 1 aromatic heterocycles. The molecule has 3 aromatic rings. The van der Waals surface area contributed by atoms with Crippen molar-refractivity contribution in [1.29, 1.82) is 0 Å². The highest BCUT2D eigenvalue weighted by atomic mass is 19.4. The van der Waals surface area contributed by atoms with E-state index in [4.69, 9.17) is 14.2 Å². The number of morpholine rings is 1. The number of ether oxygens (including phenoxy) is 3. The molecular formula is C24H27F3N4O3. The van der Waals surface area contributed by atoms with Gasteiger partial charge in [-0.05, 0) is 36.8 Å². The monoisotopic (exact) mass is 476 g/mol. The summed E-state index contributed by atoms with van der Waals surface area (Å²) in [5.41, 5.74) is 1.18. The van der Waals surface area contributed by atoms with Crippen molar-refractivity contribution in [2.75, 3.05) is 51.9 Å². The summed E-state index contributed by atoms with van der Waals surface area (Å²) in [4.78, 5) is 9.75. The first kappa shape index (κ1) is 24.0. The van der Waals surface area contributed by atoms with Gasteiger partial charge in [0.1, 0.15) is 5.82 Å². The van der Waals surface area contributed by atoms with Gasteiger partial charge >= 0.3 is 6.18 Å². The van der Waals surface area contributed by atoms with Gasteiger partial charge < -0.3 is 19.5 Å². The Morgan fingerprint density at radius 3 is 2.56 bits per heavy atom. The maximum Gasteiger partial charge on any atom is 0.451 e. The van der Waals surface area contributed by atoms with Crippen LogP contribution in [0.4, 0.5) is 19.0 Å². The maximum atomic E-state index is 13.4. The molecule has 0 bridgehead atoms. The lowest BCUT2D eigenvalue weighted by Gasteiger charge is -2.35. The van der Waals surface area contributed by atoms with Crippen molar-refractivity contribution in [3.05, 3.63) is 53.9 Å². The van der Waals surface area contributed by atoms with Crippen molar-refractivity contribution in [2.45, 2.75) is 19.1 Å². The van der Waals surface area contributed by atoms with Gasteiger partial charge in [0.05, 0.1) is 38.5 Å². The third-order valence-corrected chi connectivity index (χ3v) is 5.68. The van der Waals surface area contributed by atoms with E-state index >= 15 is 0 Å². The molecule has 0 aliphatic carbocycles. The summed E-state index contributed by atoms with van der Waals surface area (Å²) in [6.07, 6.45) is -4.65. The molecule has 2 heterocycles. The van der Waals surface area contributed by atoms with E-state index in [1.54, 1.807) is 31.4 Å². The summed E-state index contributed by atoms with van der Waals surface area (Å²) in [5.74, 6) is 0.219. The molecule has 1 atom stereocenters. The van der Waals surface area contributed by atoms with Crippen molar-refractivity contribution >= 4 is 16.7 Å². The molecule has 0 unspecified atom stereocenters. The average Bonchev–Trinajstić information content (AvgIpc) is 2.85. The van der Waals surface area contributed by atoms with Crippen molar-refractivity contribution in [3.8, 4) is 11.5 Å². The zero-order valence-corrected chi connectivity index (χ0v) is 19.1. The second-order valence-corrected chi connectivity index (χ2v) is 7.80. The highest BCUT2D eigenvalue weighted by molar-refractivity contribution is 5.89. The van der Waals surface area contributed by atoms with Gasteiger partial charge in [-0.1, -0.05) is 18.2 Å². The number of rotatable bonds is 8. The van der Waals surface area contributed by atoms with E-state index in [1.165, 1.54) is 0 Å². The molecule has 0 spiro atoms. The summed E-state index contributed by atoms with van der Waals surface area (Å²) >= 11 is 0. The van der Waals surface area contributed by atoms with Crippen LogP contribution in [0, 0.1) is 0 Å². The molecule has 1 saturated heterocycles. The average molecular weight is 476 g/mol. The number of anilines is 1. The lowest BCUT2D eigenvalue weighted by atomic mass is 10.0. The Morgan fingerprint density at radius 1 is 1.09 bits per heavy atom. The Morgan fingerprint density at radius 2 is 1.85 bits per heavy atom. The van der Waals surface area contributed by atoms with E-state index in [0.717, 1.165) is 5.56 Å². The fourth-order valence-corrected chi connectivity index (χ4v) is 4.04. The number of nitrogens with zero attached hydrogens (tertiary/aromatic N) is 3. The highest BCUT2D eigenvalue weighted by Gasteiger charge is 2.35. The minimum atomic E-state index is -4.65. The van der Waals surface area contributed by atoms with Gasteiger partial charge in [-0.2, -0.15) is 13.2 Å². The predicted octanol–water partition coefficient (Wildman–Crippen LogP) is 4.54. The molecule has 1 N–H and O–H groups in total. The zero-order chi connectivity index (χ0) is 24.1. The van der Waals surface area contributed by atoms with Crippen LogP contribution in [-0.2, 0) is 10.9 Å². The first-order valence-electron chi connectivity index (χ1n) is 11.1. The Balaban J connectivity index is 1.68. The van der Waals surface area contributed by atoms with Crippen LogP contribution in [0.25, 0.3) is 10.9 Å².